The van der Waals surface area contributed by atoms with Crippen molar-refractivity contribution in [3.63, 3.8) is 0 Å². The zero-order valence-electron chi connectivity index (χ0n) is 24.4. The van der Waals surface area contributed by atoms with Crippen LogP contribution in [0.15, 0.2) is 53.5 Å². The van der Waals surface area contributed by atoms with E-state index in [4.69, 9.17) is 0 Å². The Labute approximate surface area is 237 Å². The molecule has 5 nitrogen and oxygen atoms in total. The maximum atomic E-state index is 13.4. The molecule has 0 unspecified atom stereocenters. The highest BCUT2D eigenvalue weighted by Gasteiger charge is 2.58. The van der Waals surface area contributed by atoms with Crippen LogP contribution < -0.4 is 0 Å². The van der Waals surface area contributed by atoms with E-state index < -0.39 is 34.4 Å². The van der Waals surface area contributed by atoms with Crippen molar-refractivity contribution in [1.29, 1.82) is 0 Å². The van der Waals surface area contributed by atoms with Gasteiger partial charge in [0.1, 0.15) is 17.1 Å². The molecule has 3 atom stereocenters. The Morgan fingerprint density at radius 3 is 2.30 bits per heavy atom. The fraction of sp³-hybridized carbons (Fsp3) is 0.429. The number of fused-ring (bicyclic) bond motifs is 3. The monoisotopic (exact) mass is 540 g/mol. The third-order valence-electron chi connectivity index (χ3n) is 9.34. The number of carbonyl (C=O) groups is 2. The molecule has 2 aromatic carbocycles. The lowest BCUT2D eigenvalue weighted by molar-refractivity contribution is -0.144. The molecule has 5 rings (SSSR count). The fourth-order valence-corrected chi connectivity index (χ4v) is 7.53. The van der Waals surface area contributed by atoms with Gasteiger partial charge in [0.2, 0.25) is 5.78 Å². The van der Waals surface area contributed by atoms with Gasteiger partial charge in [0.15, 0.2) is 11.4 Å². The number of aryl methyl sites for hydroxylation is 4. The minimum absolute atomic E-state index is 0.0300. The maximum Gasteiger partial charge on any atom is 0.209 e. The molecule has 40 heavy (non-hydrogen) atoms. The van der Waals surface area contributed by atoms with Crippen LogP contribution in [0.2, 0.25) is 0 Å². The molecule has 2 aromatic rings. The topological polar surface area (TPSA) is 94.8 Å². The van der Waals surface area contributed by atoms with Gasteiger partial charge in [-0.05, 0) is 104 Å². The van der Waals surface area contributed by atoms with Crippen LogP contribution in [0.1, 0.15) is 84.0 Å². The molecule has 5 heteroatoms. The second-order valence-corrected chi connectivity index (χ2v) is 12.5. The molecule has 210 valence electrons. The molecule has 0 aliphatic heterocycles. The SMILES string of the molecule is C=C1C2=C(O)[C@@]3(O)C(=O)C(C(C)=O)=C(O)C[C@H]3C[C@H]2Cc2c(C(C)C)cc(CCc3cc(C)cc(C)c3)c(C)c21. The van der Waals surface area contributed by atoms with Crippen LogP contribution in [0.25, 0.3) is 5.57 Å². The summed E-state index contributed by atoms with van der Waals surface area (Å²) in [5.74, 6) is -2.83. The van der Waals surface area contributed by atoms with Gasteiger partial charge in [0.05, 0.1) is 0 Å². The molecule has 0 spiro atoms. The van der Waals surface area contributed by atoms with Crippen molar-refractivity contribution in [3.05, 3.63) is 98.0 Å². The summed E-state index contributed by atoms with van der Waals surface area (Å²) in [5.41, 5.74) is 8.10. The normalized spacial score (nSPS) is 24.3. The zero-order chi connectivity index (χ0) is 29.3. The van der Waals surface area contributed by atoms with Crippen LogP contribution in [0.3, 0.4) is 0 Å². The molecule has 3 aliphatic rings. The molecule has 0 fully saturated rings. The number of Topliss-reactive ketones (excluding diaryl/α,β-unsaturated/α-hetero) is 2. The first kappa shape index (κ1) is 28.1. The molecule has 0 radical (unpaired) electrons. The van der Waals surface area contributed by atoms with E-state index in [0.717, 1.165) is 24.0 Å². The number of allylic oxidation sites excluding steroid dienone is 3. The first-order valence-corrected chi connectivity index (χ1v) is 14.3. The smallest absolute Gasteiger partial charge is 0.209 e. The standard InChI is InChI=1S/C35H40O5/c1-17(2)27-14-24(9-8-23-11-18(3)10-19(4)12-23)20(5)30-21(6)31-25(15-28(27)30)13-26-16-29(37)32(22(7)36)34(39)35(26,40)33(31)38/h10-12,14,17,25-26,37-38,40H,6,8-9,13,15-16H2,1-5,7H3/t25-,26+,35+/m0/s1. The summed E-state index contributed by atoms with van der Waals surface area (Å²) in [5, 5.41) is 33.8. The van der Waals surface area contributed by atoms with E-state index in [2.05, 4.69) is 65.5 Å². The number of hydrogen-bond acceptors (Lipinski definition) is 5. The predicted molar refractivity (Wildman–Crippen MR) is 157 cm³/mol. The van der Waals surface area contributed by atoms with Crippen LogP contribution >= 0.6 is 0 Å². The Balaban J connectivity index is 1.61. The largest absolute Gasteiger partial charge is 0.511 e. The summed E-state index contributed by atoms with van der Waals surface area (Å²) in [7, 11) is 0. The quantitative estimate of drug-likeness (QED) is 0.370. The second kappa shape index (κ2) is 9.88. The van der Waals surface area contributed by atoms with Crippen molar-refractivity contribution in [2.24, 2.45) is 11.8 Å². The van der Waals surface area contributed by atoms with Crippen molar-refractivity contribution in [1.82, 2.24) is 0 Å². The van der Waals surface area contributed by atoms with Crippen molar-refractivity contribution in [3.8, 4) is 0 Å². The predicted octanol–water partition coefficient (Wildman–Crippen LogP) is 6.64. The molecule has 0 bridgehead atoms. The maximum absolute atomic E-state index is 13.4. The van der Waals surface area contributed by atoms with Crippen LogP contribution in [-0.2, 0) is 28.9 Å². The van der Waals surface area contributed by atoms with Crippen molar-refractivity contribution >= 4 is 17.1 Å². The number of benzene rings is 2. The average molecular weight is 541 g/mol. The van der Waals surface area contributed by atoms with E-state index in [0.29, 0.717) is 24.0 Å². The Hall–Kier alpha value is -3.44. The average Bonchev–Trinajstić information content (AvgIpc) is 2.84. The number of hydrogen-bond donors (Lipinski definition) is 3. The summed E-state index contributed by atoms with van der Waals surface area (Å²) < 4.78 is 0. The van der Waals surface area contributed by atoms with Gasteiger partial charge in [-0.15, -0.1) is 0 Å². The van der Waals surface area contributed by atoms with Gasteiger partial charge in [0, 0.05) is 17.9 Å². The Kier molecular flexibility index (Phi) is 6.94. The van der Waals surface area contributed by atoms with Gasteiger partial charge in [-0.2, -0.15) is 0 Å². The Bertz CT molecular complexity index is 1510. The van der Waals surface area contributed by atoms with Crippen LogP contribution in [0, 0.1) is 32.6 Å². The molecular formula is C35H40O5. The summed E-state index contributed by atoms with van der Waals surface area (Å²) >= 11 is 0. The molecule has 3 N–H and O–H groups in total. The van der Waals surface area contributed by atoms with Gasteiger partial charge < -0.3 is 15.3 Å². The zero-order valence-corrected chi connectivity index (χ0v) is 24.4. The van der Waals surface area contributed by atoms with Gasteiger partial charge in [-0.1, -0.05) is 55.8 Å². The molecular weight excluding hydrogens is 500 g/mol. The Morgan fingerprint density at radius 1 is 1.05 bits per heavy atom. The van der Waals surface area contributed by atoms with Crippen molar-refractivity contribution in [2.45, 2.75) is 85.2 Å². The van der Waals surface area contributed by atoms with Gasteiger partial charge in [-0.3, -0.25) is 9.59 Å². The number of ketones is 2. The highest BCUT2D eigenvalue weighted by molar-refractivity contribution is 6.24. The number of aliphatic hydroxyl groups excluding tert-OH is 2. The lowest BCUT2D eigenvalue weighted by Crippen LogP contribution is -2.56. The van der Waals surface area contributed by atoms with E-state index >= 15 is 0 Å². The highest BCUT2D eigenvalue weighted by Crippen LogP contribution is 2.54. The number of carbonyl (C=O) groups excluding carboxylic acids is 2. The summed E-state index contributed by atoms with van der Waals surface area (Å²) in [4.78, 5) is 25.6. The second-order valence-electron chi connectivity index (χ2n) is 12.5. The van der Waals surface area contributed by atoms with Crippen molar-refractivity contribution < 1.29 is 24.9 Å². The first-order valence-electron chi connectivity index (χ1n) is 14.3. The molecule has 0 saturated heterocycles. The summed E-state index contributed by atoms with van der Waals surface area (Å²) in [6.45, 7) is 16.3. The van der Waals surface area contributed by atoms with Gasteiger partial charge in [-0.25, -0.2) is 0 Å². The van der Waals surface area contributed by atoms with E-state index in [1.165, 1.54) is 40.3 Å². The summed E-state index contributed by atoms with van der Waals surface area (Å²) in [6.07, 6.45) is 2.80. The lowest BCUT2D eigenvalue weighted by atomic mass is 9.59. The molecule has 0 heterocycles. The van der Waals surface area contributed by atoms with Crippen LogP contribution in [0.5, 0.6) is 0 Å². The molecule has 3 aliphatic carbocycles. The van der Waals surface area contributed by atoms with E-state index in [1.807, 2.05) is 0 Å². The van der Waals surface area contributed by atoms with Crippen molar-refractivity contribution in [2.75, 3.05) is 0 Å². The third-order valence-corrected chi connectivity index (χ3v) is 9.34. The summed E-state index contributed by atoms with van der Waals surface area (Å²) in [6, 6.07) is 8.98. The fourth-order valence-electron chi connectivity index (χ4n) is 7.53. The van der Waals surface area contributed by atoms with Crippen LogP contribution in [-0.4, -0.2) is 32.5 Å². The third kappa shape index (κ3) is 4.26. The molecule has 0 amide bonds. The molecule has 0 aromatic heterocycles. The van der Waals surface area contributed by atoms with Gasteiger partial charge in [0.25, 0.3) is 0 Å². The first-order chi connectivity index (χ1) is 18.7. The number of aliphatic hydroxyl groups is 3. The number of rotatable bonds is 5. The van der Waals surface area contributed by atoms with Crippen LogP contribution in [0.4, 0.5) is 0 Å². The molecule has 0 saturated carbocycles. The minimum atomic E-state index is -2.24. The van der Waals surface area contributed by atoms with E-state index in [-0.39, 0.29) is 24.0 Å². The van der Waals surface area contributed by atoms with E-state index in [1.54, 1.807) is 0 Å². The highest BCUT2D eigenvalue weighted by atomic mass is 16.3. The van der Waals surface area contributed by atoms with Gasteiger partial charge >= 0.3 is 0 Å². The Morgan fingerprint density at radius 2 is 1.70 bits per heavy atom. The van der Waals surface area contributed by atoms with E-state index in [9.17, 15) is 24.9 Å². The lowest BCUT2D eigenvalue weighted by Gasteiger charge is -2.47. The minimum Gasteiger partial charge on any atom is -0.511 e.